The van der Waals surface area contributed by atoms with E-state index in [4.69, 9.17) is 0 Å². The van der Waals surface area contributed by atoms with E-state index < -0.39 is 0 Å². The molecular formula is CH3B2I2S. The van der Waals surface area contributed by atoms with Crippen LogP contribution >= 0.6 is 56.4 Å². The van der Waals surface area contributed by atoms with Crippen molar-refractivity contribution in [3.63, 3.8) is 0 Å². The minimum Gasteiger partial charge on any atom is -0.188 e. The van der Waals surface area contributed by atoms with Crippen molar-refractivity contribution in [1.82, 2.24) is 0 Å². The van der Waals surface area contributed by atoms with E-state index in [1.54, 1.807) is 0 Å². The van der Waals surface area contributed by atoms with E-state index in [1.807, 2.05) is 11.6 Å². The Bertz CT molecular complexity index is 25.5. The minimum atomic E-state index is 0. The summed E-state index contributed by atoms with van der Waals surface area (Å²) in [7, 11) is 0. The van der Waals surface area contributed by atoms with E-state index >= 15 is 0 Å². The number of halogens is 2. The van der Waals surface area contributed by atoms with E-state index in [-0.39, 0.29) is 8.41 Å². The maximum Gasteiger partial charge on any atom is 0.350 e. The molecule has 0 heterocycles. The third kappa shape index (κ3) is 9.34. The first kappa shape index (κ1) is 10.8. The Labute approximate surface area is 71.9 Å². The highest BCUT2D eigenvalue weighted by Crippen LogP contribution is 2.15. The summed E-state index contributed by atoms with van der Waals surface area (Å²) in [4.78, 5) is 0. The molecule has 33 valence electrons. The molecule has 0 aliphatic carbocycles. The Hall–Kier alpha value is 1.94. The average Bonchev–Trinajstić information content (AvgIpc) is 1.38. The van der Waals surface area contributed by atoms with Crippen LogP contribution in [0.2, 0.25) is 0 Å². The lowest BCUT2D eigenvalue weighted by Crippen LogP contribution is -1.73. The molecule has 0 aliphatic heterocycles. The second-order valence-corrected chi connectivity index (χ2v) is 8.00. The fourth-order valence-corrected chi connectivity index (χ4v) is 0. The SMILES string of the molecule is CSB(I)I.[B]. The summed E-state index contributed by atoms with van der Waals surface area (Å²) in [5.74, 6) is 0. The highest BCUT2D eigenvalue weighted by atomic mass is 127. The zero-order valence-electron chi connectivity index (χ0n) is 3.32. The zero-order chi connectivity index (χ0) is 4.28. The van der Waals surface area contributed by atoms with Gasteiger partial charge in [-0.05, 0) is 6.26 Å². The highest BCUT2D eigenvalue weighted by molar-refractivity contribution is 14.3. The molecule has 6 heavy (non-hydrogen) atoms. The topological polar surface area (TPSA) is 0 Å². The molecule has 0 aromatic heterocycles. The number of hydrogen-bond donors (Lipinski definition) is 0. The molecule has 0 saturated heterocycles. The fourth-order valence-electron chi connectivity index (χ4n) is 0. The van der Waals surface area contributed by atoms with Crippen LogP contribution in [0.3, 0.4) is 0 Å². The molecule has 3 radical (unpaired) electrons. The molecule has 0 bridgehead atoms. The van der Waals surface area contributed by atoms with Gasteiger partial charge in [-0.2, -0.15) is 11.6 Å². The molecule has 0 rings (SSSR count). The largest absolute Gasteiger partial charge is 0.350 e. The normalized spacial score (nSPS) is 6.50. The monoisotopic (exact) mass is 323 g/mol. The Morgan fingerprint density at radius 1 is 1.50 bits per heavy atom. The third-order valence-corrected chi connectivity index (χ3v) is 3.59. The van der Waals surface area contributed by atoms with Crippen molar-refractivity contribution in [2.75, 3.05) is 6.26 Å². The first-order valence-electron chi connectivity index (χ1n) is 1.08. The van der Waals surface area contributed by atoms with Crippen LogP contribution in [0.15, 0.2) is 0 Å². The smallest absolute Gasteiger partial charge is 0.188 e. The number of rotatable bonds is 1. The van der Waals surface area contributed by atoms with Crippen LogP contribution in [0.5, 0.6) is 0 Å². The lowest BCUT2D eigenvalue weighted by molar-refractivity contribution is 2.54. The molecule has 0 nitrogen and oxygen atoms in total. The lowest BCUT2D eigenvalue weighted by Gasteiger charge is -1.80. The van der Waals surface area contributed by atoms with E-state index in [9.17, 15) is 0 Å². The van der Waals surface area contributed by atoms with E-state index in [0.29, 0.717) is 0 Å². The summed E-state index contributed by atoms with van der Waals surface area (Å²) in [6.45, 7) is 0. The van der Waals surface area contributed by atoms with Crippen molar-refractivity contribution < 1.29 is 0 Å². The summed E-state index contributed by atoms with van der Waals surface area (Å²) in [6, 6.07) is 0. The molecule has 0 fully saturated rings. The third-order valence-electron chi connectivity index (χ3n) is 0.178. The molecule has 0 spiro atoms. The van der Waals surface area contributed by atoms with E-state index in [1.165, 1.54) is 0 Å². The van der Waals surface area contributed by atoms with Crippen LogP contribution in [0, 0.1) is 0 Å². The molecule has 0 N–H and O–H groups in total. The Kier molecular flexibility index (Phi) is 12.5. The first-order chi connectivity index (χ1) is 2.27. The Morgan fingerprint density at radius 2 is 1.67 bits per heavy atom. The number of hydrogen-bond acceptors (Lipinski definition) is 1. The van der Waals surface area contributed by atoms with Crippen LogP contribution in [0.25, 0.3) is 0 Å². The van der Waals surface area contributed by atoms with Crippen LogP contribution in [-0.4, -0.2) is 16.4 Å². The molecule has 5 heteroatoms. The summed E-state index contributed by atoms with van der Waals surface area (Å²) < 4.78 is 0.741. The van der Waals surface area contributed by atoms with E-state index in [0.717, 1.165) is 1.70 Å². The van der Waals surface area contributed by atoms with Gasteiger partial charge in [0.2, 0.25) is 0 Å². The predicted octanol–water partition coefficient (Wildman–Crippen LogP) is 1.82. The second kappa shape index (κ2) is 6.94. The summed E-state index contributed by atoms with van der Waals surface area (Å²) in [5.41, 5.74) is 0. The van der Waals surface area contributed by atoms with E-state index in [2.05, 4.69) is 51.0 Å². The standard InChI is InChI=1S/CH3BI2S.B/c1-5-2(3)4;/h1H3;. The summed E-state index contributed by atoms with van der Waals surface area (Å²) in [6.07, 6.45) is 2.10. The van der Waals surface area contributed by atoms with Crippen LogP contribution in [-0.2, 0) is 0 Å². The maximum atomic E-state index is 2.36. The van der Waals surface area contributed by atoms with Gasteiger partial charge in [-0.15, -0.1) is 44.7 Å². The maximum absolute atomic E-state index is 2.36. The Morgan fingerprint density at radius 3 is 1.67 bits per heavy atom. The lowest BCUT2D eigenvalue weighted by atomic mass is 10.7. The molecule has 0 aliphatic rings. The van der Waals surface area contributed by atoms with Gasteiger partial charge >= 0.3 is 1.70 Å². The molecule has 0 saturated carbocycles. The van der Waals surface area contributed by atoms with Crippen molar-refractivity contribution in [1.29, 1.82) is 0 Å². The zero-order valence-corrected chi connectivity index (χ0v) is 8.45. The van der Waals surface area contributed by atoms with Crippen molar-refractivity contribution >= 4 is 66.5 Å². The van der Waals surface area contributed by atoms with Gasteiger partial charge in [0.05, 0.1) is 0 Å². The van der Waals surface area contributed by atoms with Gasteiger partial charge in [-0.25, -0.2) is 0 Å². The van der Waals surface area contributed by atoms with Gasteiger partial charge in [-0.3, -0.25) is 0 Å². The molecular weight excluding hydrogens is 320 g/mol. The fraction of sp³-hybridized carbons (Fsp3) is 1.00. The minimum absolute atomic E-state index is 0. The van der Waals surface area contributed by atoms with Gasteiger partial charge in [-0.1, -0.05) is 0 Å². The molecule has 0 aromatic carbocycles. The first-order valence-corrected chi connectivity index (χ1v) is 4.86. The van der Waals surface area contributed by atoms with Crippen molar-refractivity contribution in [2.24, 2.45) is 0 Å². The van der Waals surface area contributed by atoms with Crippen molar-refractivity contribution in [3.05, 3.63) is 0 Å². The van der Waals surface area contributed by atoms with Crippen LogP contribution in [0.4, 0.5) is 0 Å². The Balaban J connectivity index is 0. The van der Waals surface area contributed by atoms with Gasteiger partial charge in [0.15, 0.2) is 0 Å². The van der Waals surface area contributed by atoms with Crippen molar-refractivity contribution in [2.45, 2.75) is 0 Å². The van der Waals surface area contributed by atoms with Gasteiger partial charge in [0.25, 0.3) is 0 Å². The summed E-state index contributed by atoms with van der Waals surface area (Å²) >= 11 is 6.56. The van der Waals surface area contributed by atoms with Crippen molar-refractivity contribution in [3.8, 4) is 0 Å². The molecule has 0 amide bonds. The predicted molar refractivity (Wildman–Crippen MR) is 53.1 cm³/mol. The van der Waals surface area contributed by atoms with Gasteiger partial charge in [0.1, 0.15) is 0 Å². The molecule has 0 atom stereocenters. The second-order valence-electron chi connectivity index (χ2n) is 0.496. The van der Waals surface area contributed by atoms with Crippen LogP contribution in [0.1, 0.15) is 0 Å². The summed E-state index contributed by atoms with van der Waals surface area (Å²) in [5, 5.41) is 0. The average molecular weight is 323 g/mol. The van der Waals surface area contributed by atoms with Crippen LogP contribution < -0.4 is 0 Å². The highest BCUT2D eigenvalue weighted by Gasteiger charge is 1.94. The van der Waals surface area contributed by atoms with Gasteiger partial charge in [0, 0.05) is 8.41 Å². The molecule has 0 unspecified atom stereocenters. The quantitative estimate of drug-likeness (QED) is 0.524. The molecule has 0 aromatic rings. The van der Waals surface area contributed by atoms with Gasteiger partial charge < -0.3 is 0 Å².